The molecule has 0 N–H and O–H groups in total. The first-order valence-corrected chi connectivity index (χ1v) is 6.54. The standard InChI is InChI=1S/C14H28B/c1-12(2)13(3)10-8-6-7-9-11-14(4)15-5/h9,11-14H,6-8,10H2,1-5H3. The Kier molecular flexibility index (Phi) is 8.94. The maximum Gasteiger partial charge on any atom is 0.114 e. The highest BCUT2D eigenvalue weighted by molar-refractivity contribution is 6.36. The summed E-state index contributed by atoms with van der Waals surface area (Å²) in [6.45, 7) is 11.4. The van der Waals surface area contributed by atoms with Gasteiger partial charge in [0, 0.05) is 0 Å². The summed E-state index contributed by atoms with van der Waals surface area (Å²) in [7, 11) is 2.23. The first-order valence-electron chi connectivity index (χ1n) is 6.54. The number of unbranched alkanes of at least 4 members (excludes halogenated alkanes) is 2. The minimum Gasteiger partial charge on any atom is -0.0936 e. The van der Waals surface area contributed by atoms with Crippen molar-refractivity contribution in [2.75, 3.05) is 0 Å². The molecule has 0 saturated heterocycles. The van der Waals surface area contributed by atoms with Gasteiger partial charge in [0.1, 0.15) is 7.28 Å². The van der Waals surface area contributed by atoms with Crippen molar-refractivity contribution in [3.63, 3.8) is 0 Å². The number of hydrogen-bond donors (Lipinski definition) is 0. The first kappa shape index (κ1) is 14.8. The molecule has 0 aliphatic rings. The van der Waals surface area contributed by atoms with Crippen LogP contribution in [0.25, 0.3) is 0 Å². The van der Waals surface area contributed by atoms with Crippen molar-refractivity contribution >= 4 is 7.28 Å². The average Bonchev–Trinajstić information content (AvgIpc) is 2.22. The van der Waals surface area contributed by atoms with Crippen molar-refractivity contribution < 1.29 is 0 Å². The van der Waals surface area contributed by atoms with E-state index in [1.807, 2.05) is 0 Å². The van der Waals surface area contributed by atoms with Crippen molar-refractivity contribution in [3.05, 3.63) is 12.2 Å². The van der Waals surface area contributed by atoms with Gasteiger partial charge in [-0.15, -0.1) is 0 Å². The lowest BCUT2D eigenvalue weighted by atomic mass is 9.68. The Morgan fingerprint density at radius 1 is 1.07 bits per heavy atom. The van der Waals surface area contributed by atoms with Gasteiger partial charge in [-0.2, -0.15) is 0 Å². The van der Waals surface area contributed by atoms with Crippen molar-refractivity contribution in [2.45, 2.75) is 66.0 Å². The summed E-state index contributed by atoms with van der Waals surface area (Å²) in [5.74, 6) is 2.37. The average molecular weight is 207 g/mol. The summed E-state index contributed by atoms with van der Waals surface area (Å²) in [5, 5.41) is 0. The zero-order chi connectivity index (χ0) is 11.7. The molecule has 0 aromatic carbocycles. The van der Waals surface area contributed by atoms with E-state index in [1.54, 1.807) is 0 Å². The molecule has 0 spiro atoms. The topological polar surface area (TPSA) is 0 Å². The zero-order valence-corrected chi connectivity index (χ0v) is 11.3. The Morgan fingerprint density at radius 3 is 2.27 bits per heavy atom. The SMILES string of the molecule is C[B]C(C)C=CCCCCC(C)C(C)C. The summed E-state index contributed by atoms with van der Waals surface area (Å²) >= 11 is 0. The lowest BCUT2D eigenvalue weighted by Crippen LogP contribution is -2.03. The largest absolute Gasteiger partial charge is 0.114 e. The van der Waals surface area contributed by atoms with E-state index in [9.17, 15) is 0 Å². The number of rotatable bonds is 8. The smallest absolute Gasteiger partial charge is 0.0936 e. The molecule has 0 nitrogen and oxygen atoms in total. The monoisotopic (exact) mass is 207 g/mol. The van der Waals surface area contributed by atoms with Gasteiger partial charge in [0.05, 0.1) is 0 Å². The minimum atomic E-state index is 0.639. The zero-order valence-electron chi connectivity index (χ0n) is 11.3. The van der Waals surface area contributed by atoms with Crippen molar-refractivity contribution in [3.8, 4) is 0 Å². The van der Waals surface area contributed by atoms with Crippen LogP contribution in [-0.2, 0) is 0 Å². The van der Waals surface area contributed by atoms with Crippen molar-refractivity contribution in [1.29, 1.82) is 0 Å². The highest BCUT2D eigenvalue weighted by Crippen LogP contribution is 2.17. The normalized spacial score (nSPS) is 15.9. The van der Waals surface area contributed by atoms with Gasteiger partial charge in [0.2, 0.25) is 0 Å². The second-order valence-corrected chi connectivity index (χ2v) is 5.13. The molecule has 0 saturated carbocycles. The molecular weight excluding hydrogens is 179 g/mol. The molecule has 87 valence electrons. The van der Waals surface area contributed by atoms with Gasteiger partial charge in [-0.1, -0.05) is 65.3 Å². The van der Waals surface area contributed by atoms with Gasteiger partial charge in [-0.05, 0) is 24.7 Å². The van der Waals surface area contributed by atoms with Crippen LogP contribution in [0.3, 0.4) is 0 Å². The third-order valence-corrected chi connectivity index (χ3v) is 3.38. The first-order chi connectivity index (χ1) is 7.07. The Hall–Kier alpha value is -0.195. The molecule has 0 aliphatic heterocycles. The van der Waals surface area contributed by atoms with Crippen LogP contribution >= 0.6 is 0 Å². The van der Waals surface area contributed by atoms with Gasteiger partial charge < -0.3 is 0 Å². The summed E-state index contributed by atoms with van der Waals surface area (Å²) in [5.41, 5.74) is 0. The van der Waals surface area contributed by atoms with Crippen LogP contribution in [-0.4, -0.2) is 7.28 Å². The maximum atomic E-state index is 2.37. The highest BCUT2D eigenvalue weighted by atomic mass is 14.1. The van der Waals surface area contributed by atoms with E-state index in [4.69, 9.17) is 0 Å². The fourth-order valence-electron chi connectivity index (χ4n) is 1.48. The second kappa shape index (κ2) is 9.06. The van der Waals surface area contributed by atoms with Crippen LogP contribution < -0.4 is 0 Å². The third-order valence-electron chi connectivity index (χ3n) is 3.38. The molecule has 1 heteroatoms. The maximum absolute atomic E-state index is 2.37. The number of hydrogen-bond acceptors (Lipinski definition) is 0. The number of allylic oxidation sites excluding steroid dienone is 2. The predicted molar refractivity (Wildman–Crippen MR) is 72.7 cm³/mol. The van der Waals surface area contributed by atoms with Crippen molar-refractivity contribution in [1.82, 2.24) is 0 Å². The Labute approximate surface area is 97.8 Å². The summed E-state index contributed by atoms with van der Waals surface area (Å²) in [6.07, 6.45) is 10.0. The van der Waals surface area contributed by atoms with E-state index in [0.29, 0.717) is 5.82 Å². The molecule has 2 unspecified atom stereocenters. The molecule has 0 aromatic rings. The Bertz CT molecular complexity index is 161. The van der Waals surface area contributed by atoms with Crippen LogP contribution in [0.5, 0.6) is 0 Å². The van der Waals surface area contributed by atoms with Crippen LogP contribution in [0.2, 0.25) is 12.6 Å². The molecule has 0 aliphatic carbocycles. The van der Waals surface area contributed by atoms with Crippen molar-refractivity contribution in [2.24, 2.45) is 11.8 Å². The molecule has 0 fully saturated rings. The quantitative estimate of drug-likeness (QED) is 0.300. The van der Waals surface area contributed by atoms with E-state index in [2.05, 4.69) is 53.9 Å². The highest BCUT2D eigenvalue weighted by Gasteiger charge is 2.05. The van der Waals surface area contributed by atoms with Crippen LogP contribution in [0.4, 0.5) is 0 Å². The van der Waals surface area contributed by atoms with Crippen LogP contribution in [0, 0.1) is 11.8 Å². The molecule has 2 atom stereocenters. The molecule has 0 aromatic heterocycles. The second-order valence-electron chi connectivity index (χ2n) is 5.13. The van der Waals surface area contributed by atoms with E-state index in [0.717, 1.165) is 11.8 Å². The lowest BCUT2D eigenvalue weighted by molar-refractivity contribution is 0.378. The fourth-order valence-corrected chi connectivity index (χ4v) is 1.48. The molecule has 0 amide bonds. The van der Waals surface area contributed by atoms with Gasteiger partial charge in [-0.25, -0.2) is 0 Å². The third kappa shape index (κ3) is 8.78. The van der Waals surface area contributed by atoms with Gasteiger partial charge in [0.25, 0.3) is 0 Å². The molecule has 0 heterocycles. The molecular formula is C14H28B. The van der Waals surface area contributed by atoms with E-state index < -0.39 is 0 Å². The van der Waals surface area contributed by atoms with Gasteiger partial charge >= 0.3 is 0 Å². The fraction of sp³-hybridized carbons (Fsp3) is 0.857. The van der Waals surface area contributed by atoms with Gasteiger partial charge in [0.15, 0.2) is 0 Å². The Balaban J connectivity index is 3.36. The molecule has 0 rings (SSSR count). The lowest BCUT2D eigenvalue weighted by Gasteiger charge is -2.14. The Morgan fingerprint density at radius 2 is 1.73 bits per heavy atom. The molecule has 1 radical (unpaired) electrons. The van der Waals surface area contributed by atoms with E-state index in [-0.39, 0.29) is 0 Å². The van der Waals surface area contributed by atoms with E-state index in [1.165, 1.54) is 25.7 Å². The molecule has 15 heavy (non-hydrogen) atoms. The van der Waals surface area contributed by atoms with Crippen LogP contribution in [0.1, 0.15) is 53.4 Å². The summed E-state index contributed by atoms with van der Waals surface area (Å²) in [6, 6.07) is 0. The van der Waals surface area contributed by atoms with Crippen LogP contribution in [0.15, 0.2) is 12.2 Å². The molecule has 0 bridgehead atoms. The minimum absolute atomic E-state index is 0.639. The predicted octanol–water partition coefficient (Wildman–Crippen LogP) is 4.96. The summed E-state index contributed by atoms with van der Waals surface area (Å²) in [4.78, 5) is 0. The summed E-state index contributed by atoms with van der Waals surface area (Å²) < 4.78 is 0. The van der Waals surface area contributed by atoms with Gasteiger partial charge in [-0.3, -0.25) is 0 Å². The van der Waals surface area contributed by atoms with E-state index >= 15 is 0 Å².